The van der Waals surface area contributed by atoms with Gasteiger partial charge in [-0.25, -0.2) is 19.9 Å². The van der Waals surface area contributed by atoms with Gasteiger partial charge in [-0.3, -0.25) is 0 Å². The molecule has 146 valence electrons. The third kappa shape index (κ3) is 4.40. The van der Waals surface area contributed by atoms with Crippen molar-refractivity contribution in [1.29, 1.82) is 0 Å². The van der Waals surface area contributed by atoms with Crippen LogP contribution in [-0.2, 0) is 10.2 Å². The average Bonchev–Trinajstić information content (AvgIpc) is 3.03. The molecule has 3 rings (SSSR count). The zero-order valence-electron chi connectivity index (χ0n) is 16.3. The molecule has 1 fully saturated rings. The Balaban J connectivity index is 1.82. The minimum atomic E-state index is -3.42. The molecule has 1 unspecified atom stereocenters. The van der Waals surface area contributed by atoms with Gasteiger partial charge >= 0.3 is 0 Å². The summed E-state index contributed by atoms with van der Waals surface area (Å²) in [5, 5.41) is 3.14. The van der Waals surface area contributed by atoms with Crippen LogP contribution in [0.5, 0.6) is 0 Å². The number of anilines is 2. The van der Waals surface area contributed by atoms with E-state index in [1.807, 2.05) is 32.9 Å². The monoisotopic (exact) mass is 391 g/mol. The van der Waals surface area contributed by atoms with Crippen LogP contribution in [0.1, 0.15) is 35.2 Å². The summed E-state index contributed by atoms with van der Waals surface area (Å²) >= 11 is 0. The molecule has 3 heterocycles. The number of nitrogens with zero attached hydrogens (tertiary/aromatic N) is 6. The molecular formula is C17H25N7O2S. The molecular weight excluding hydrogens is 366 g/mol. The van der Waals surface area contributed by atoms with E-state index in [0.717, 1.165) is 17.1 Å². The molecule has 27 heavy (non-hydrogen) atoms. The van der Waals surface area contributed by atoms with E-state index >= 15 is 0 Å². The Kier molecular flexibility index (Phi) is 5.41. The standard InChI is InChI=1S/C17H25N7O2S/c1-11-8-12(2)20-17(19-11)22-15-9-13(3)18-16(21-15)14-6-7-24(10-14)27(25,26)23(4)5/h8-9,14H,6-7,10H2,1-5H3,(H,18,19,20,21,22). The van der Waals surface area contributed by atoms with E-state index in [9.17, 15) is 8.42 Å². The Labute approximate surface area is 160 Å². The lowest BCUT2D eigenvalue weighted by Crippen LogP contribution is -2.38. The summed E-state index contributed by atoms with van der Waals surface area (Å²) in [5.74, 6) is 1.69. The first kappa shape index (κ1) is 19.6. The van der Waals surface area contributed by atoms with Gasteiger partial charge < -0.3 is 5.32 Å². The summed E-state index contributed by atoms with van der Waals surface area (Å²) in [5.41, 5.74) is 2.55. The largest absolute Gasteiger partial charge is 0.309 e. The summed E-state index contributed by atoms with van der Waals surface area (Å²) in [6.07, 6.45) is 0.690. The van der Waals surface area contributed by atoms with Crippen LogP contribution in [0.3, 0.4) is 0 Å². The predicted molar refractivity (Wildman–Crippen MR) is 103 cm³/mol. The zero-order valence-corrected chi connectivity index (χ0v) is 17.1. The third-order valence-corrected chi connectivity index (χ3v) is 6.30. The van der Waals surface area contributed by atoms with Crippen molar-refractivity contribution in [3.63, 3.8) is 0 Å². The van der Waals surface area contributed by atoms with Crippen LogP contribution < -0.4 is 5.32 Å². The molecule has 1 aliphatic heterocycles. The van der Waals surface area contributed by atoms with E-state index in [1.54, 1.807) is 0 Å². The minimum Gasteiger partial charge on any atom is -0.309 e. The number of hydrogen-bond donors (Lipinski definition) is 1. The number of aromatic nitrogens is 4. The predicted octanol–water partition coefficient (Wildman–Crippen LogP) is 1.53. The SMILES string of the molecule is Cc1cc(C)nc(Nc2cc(C)nc(C3CCN(S(=O)(=O)N(C)C)C3)n2)n1. The Bertz CT molecular complexity index is 926. The van der Waals surface area contributed by atoms with Gasteiger partial charge in [-0.2, -0.15) is 17.0 Å². The van der Waals surface area contributed by atoms with Gasteiger partial charge in [-0.1, -0.05) is 0 Å². The fourth-order valence-electron chi connectivity index (χ4n) is 3.11. The topological polar surface area (TPSA) is 104 Å². The highest BCUT2D eigenvalue weighted by Crippen LogP contribution is 2.28. The molecule has 0 aliphatic carbocycles. The summed E-state index contributed by atoms with van der Waals surface area (Å²) in [4.78, 5) is 17.9. The second-order valence-electron chi connectivity index (χ2n) is 6.99. The second kappa shape index (κ2) is 7.45. The average molecular weight is 392 g/mol. The van der Waals surface area contributed by atoms with Crippen LogP contribution in [0, 0.1) is 20.8 Å². The highest BCUT2D eigenvalue weighted by atomic mass is 32.2. The van der Waals surface area contributed by atoms with Gasteiger partial charge in [0.05, 0.1) is 0 Å². The van der Waals surface area contributed by atoms with Crippen molar-refractivity contribution in [1.82, 2.24) is 28.5 Å². The lowest BCUT2D eigenvalue weighted by Gasteiger charge is -2.20. The van der Waals surface area contributed by atoms with E-state index in [-0.39, 0.29) is 5.92 Å². The number of nitrogens with one attached hydrogen (secondary N) is 1. The molecule has 0 bridgehead atoms. The second-order valence-corrected chi connectivity index (χ2v) is 9.13. The fraction of sp³-hybridized carbons (Fsp3) is 0.529. The number of hydrogen-bond acceptors (Lipinski definition) is 7. The van der Waals surface area contributed by atoms with Gasteiger partial charge in [0.1, 0.15) is 11.6 Å². The fourth-order valence-corrected chi connectivity index (χ4v) is 4.28. The van der Waals surface area contributed by atoms with E-state index < -0.39 is 10.2 Å². The van der Waals surface area contributed by atoms with Crippen LogP contribution in [0.25, 0.3) is 0 Å². The highest BCUT2D eigenvalue weighted by molar-refractivity contribution is 7.86. The molecule has 0 amide bonds. The molecule has 0 saturated carbocycles. The maximum absolute atomic E-state index is 12.3. The molecule has 0 spiro atoms. The van der Waals surface area contributed by atoms with Gasteiger partial charge in [-0.05, 0) is 33.3 Å². The molecule has 1 atom stereocenters. The summed E-state index contributed by atoms with van der Waals surface area (Å²) in [6, 6.07) is 3.73. The first-order chi connectivity index (χ1) is 12.6. The summed E-state index contributed by atoms with van der Waals surface area (Å²) in [6.45, 7) is 6.56. The molecule has 1 aliphatic rings. The maximum atomic E-state index is 12.3. The molecule has 2 aromatic rings. The smallest absolute Gasteiger partial charge is 0.281 e. The van der Waals surface area contributed by atoms with Crippen molar-refractivity contribution < 1.29 is 8.42 Å². The van der Waals surface area contributed by atoms with Gasteiger partial charge in [0.15, 0.2) is 0 Å². The Morgan fingerprint density at radius 1 is 1.04 bits per heavy atom. The van der Waals surface area contributed by atoms with Crippen molar-refractivity contribution in [2.45, 2.75) is 33.1 Å². The Morgan fingerprint density at radius 3 is 2.30 bits per heavy atom. The normalized spacial score (nSPS) is 18.2. The van der Waals surface area contributed by atoms with Gasteiger partial charge in [-0.15, -0.1) is 0 Å². The lowest BCUT2D eigenvalue weighted by atomic mass is 10.1. The van der Waals surface area contributed by atoms with E-state index in [2.05, 4.69) is 25.3 Å². The van der Waals surface area contributed by atoms with Crippen LogP contribution >= 0.6 is 0 Å². The van der Waals surface area contributed by atoms with Gasteiger partial charge in [0.2, 0.25) is 5.95 Å². The van der Waals surface area contributed by atoms with E-state index in [4.69, 9.17) is 0 Å². The van der Waals surface area contributed by atoms with Gasteiger partial charge in [0.25, 0.3) is 10.2 Å². The molecule has 9 nitrogen and oxygen atoms in total. The minimum absolute atomic E-state index is 0.0414. The number of rotatable bonds is 5. The van der Waals surface area contributed by atoms with Crippen LogP contribution in [-0.4, -0.2) is 64.1 Å². The maximum Gasteiger partial charge on any atom is 0.281 e. The van der Waals surface area contributed by atoms with Crippen molar-refractivity contribution >= 4 is 22.0 Å². The molecule has 0 aromatic carbocycles. The third-order valence-electron chi connectivity index (χ3n) is 4.40. The Hall–Kier alpha value is -2.17. The first-order valence-corrected chi connectivity index (χ1v) is 10.2. The van der Waals surface area contributed by atoms with Crippen molar-refractivity contribution in [2.75, 3.05) is 32.5 Å². The molecule has 1 N–H and O–H groups in total. The summed E-state index contributed by atoms with van der Waals surface area (Å²) in [7, 11) is -0.342. The highest BCUT2D eigenvalue weighted by Gasteiger charge is 2.34. The van der Waals surface area contributed by atoms with Crippen molar-refractivity contribution in [3.8, 4) is 0 Å². The first-order valence-electron chi connectivity index (χ1n) is 8.77. The van der Waals surface area contributed by atoms with E-state index in [0.29, 0.717) is 37.1 Å². The molecule has 0 radical (unpaired) electrons. The van der Waals surface area contributed by atoms with Crippen LogP contribution in [0.15, 0.2) is 12.1 Å². The number of aryl methyl sites for hydroxylation is 3. The Morgan fingerprint density at radius 2 is 1.67 bits per heavy atom. The van der Waals surface area contributed by atoms with Crippen molar-refractivity contribution in [2.24, 2.45) is 0 Å². The van der Waals surface area contributed by atoms with Gasteiger partial charge in [0, 0.05) is 56.3 Å². The lowest BCUT2D eigenvalue weighted by molar-refractivity contribution is 0.418. The summed E-state index contributed by atoms with van der Waals surface area (Å²) < 4.78 is 27.4. The zero-order chi connectivity index (χ0) is 19.8. The van der Waals surface area contributed by atoms with Crippen LogP contribution in [0.4, 0.5) is 11.8 Å². The molecule has 1 saturated heterocycles. The van der Waals surface area contributed by atoms with E-state index in [1.165, 1.54) is 22.7 Å². The van der Waals surface area contributed by atoms with Crippen molar-refractivity contribution in [3.05, 3.63) is 35.0 Å². The van der Waals surface area contributed by atoms with Crippen LogP contribution in [0.2, 0.25) is 0 Å². The quantitative estimate of drug-likeness (QED) is 0.824. The molecule has 10 heteroatoms. The molecule has 2 aromatic heterocycles.